The van der Waals surface area contributed by atoms with Gasteiger partial charge in [0.15, 0.2) is 0 Å². The Bertz CT molecular complexity index is 659. The maximum Gasteiger partial charge on any atom is 0.230 e. The van der Waals surface area contributed by atoms with Crippen LogP contribution in [0.3, 0.4) is 0 Å². The van der Waals surface area contributed by atoms with Crippen molar-refractivity contribution < 1.29 is 9.59 Å². The molecule has 0 N–H and O–H groups in total. The van der Waals surface area contributed by atoms with Gasteiger partial charge in [0.2, 0.25) is 11.8 Å². The predicted molar refractivity (Wildman–Crippen MR) is 76.2 cm³/mol. The first kappa shape index (κ1) is 13.0. The summed E-state index contributed by atoms with van der Waals surface area (Å²) < 4.78 is 0. The Balaban J connectivity index is 2.46. The first-order chi connectivity index (χ1) is 9.00. The van der Waals surface area contributed by atoms with Gasteiger partial charge in [0, 0.05) is 13.8 Å². The van der Waals surface area contributed by atoms with Crippen LogP contribution in [0.25, 0.3) is 16.5 Å². The van der Waals surface area contributed by atoms with Gasteiger partial charge in [0.1, 0.15) is 0 Å². The van der Waals surface area contributed by atoms with Crippen molar-refractivity contribution in [2.45, 2.75) is 13.8 Å². The Kier molecular flexibility index (Phi) is 3.47. The smallest absolute Gasteiger partial charge is 0.230 e. The number of rotatable bonds is 2. The van der Waals surface area contributed by atoms with E-state index in [1.165, 1.54) is 13.8 Å². The van der Waals surface area contributed by atoms with Crippen LogP contribution in [0.15, 0.2) is 49.0 Å². The number of carbonyl (C=O) groups is 2. The lowest BCUT2D eigenvalue weighted by atomic mass is 10.0. The molecule has 2 amide bonds. The zero-order chi connectivity index (χ0) is 14.0. The molecule has 0 spiro atoms. The fourth-order valence-corrected chi connectivity index (χ4v) is 2.10. The zero-order valence-corrected chi connectivity index (χ0v) is 11.0. The number of hydrogen-bond donors (Lipinski definition) is 0. The van der Waals surface area contributed by atoms with Gasteiger partial charge in [-0.15, -0.1) is 0 Å². The normalized spacial score (nSPS) is 10.2. The van der Waals surface area contributed by atoms with Gasteiger partial charge in [-0.3, -0.25) is 14.5 Å². The minimum Gasteiger partial charge on any atom is -0.274 e. The number of nitrogens with zero attached hydrogens (tertiary/aromatic N) is 1. The van der Waals surface area contributed by atoms with Gasteiger partial charge in [-0.2, -0.15) is 0 Å². The lowest BCUT2D eigenvalue weighted by molar-refractivity contribution is -0.137. The molecule has 0 aliphatic carbocycles. The van der Waals surface area contributed by atoms with E-state index >= 15 is 0 Å². The molecule has 0 aliphatic rings. The highest BCUT2D eigenvalue weighted by molar-refractivity contribution is 6.02. The highest BCUT2D eigenvalue weighted by atomic mass is 16.2. The lowest BCUT2D eigenvalue weighted by Gasteiger charge is -2.20. The number of amides is 2. The van der Waals surface area contributed by atoms with Crippen molar-refractivity contribution in [2.75, 3.05) is 0 Å². The monoisotopic (exact) mass is 253 g/mol. The third-order valence-electron chi connectivity index (χ3n) is 2.98. The maximum absolute atomic E-state index is 11.5. The molecule has 0 heterocycles. The van der Waals surface area contributed by atoms with E-state index in [0.717, 1.165) is 21.2 Å². The standard InChI is InChI=1S/C16H15NO2/c1-11(17(12(2)18)13(3)19)15-9-8-14-6-4-5-7-16(14)10-15/h4-10H,1H2,2-3H3. The number of fused-ring (bicyclic) bond motifs is 1. The average molecular weight is 253 g/mol. The van der Waals surface area contributed by atoms with E-state index in [1.54, 1.807) is 0 Å². The minimum absolute atomic E-state index is 0.328. The summed E-state index contributed by atoms with van der Waals surface area (Å²) >= 11 is 0. The highest BCUT2D eigenvalue weighted by Crippen LogP contribution is 2.23. The summed E-state index contributed by atoms with van der Waals surface area (Å²) in [7, 11) is 0. The van der Waals surface area contributed by atoms with Gasteiger partial charge in [-0.05, 0) is 22.4 Å². The van der Waals surface area contributed by atoms with Crippen LogP contribution in [0.2, 0.25) is 0 Å². The summed E-state index contributed by atoms with van der Waals surface area (Å²) in [6, 6.07) is 13.7. The lowest BCUT2D eigenvalue weighted by Crippen LogP contribution is -2.31. The van der Waals surface area contributed by atoms with Gasteiger partial charge in [-0.1, -0.05) is 43.0 Å². The van der Waals surface area contributed by atoms with Crippen LogP contribution in [0.5, 0.6) is 0 Å². The maximum atomic E-state index is 11.5. The summed E-state index contributed by atoms with van der Waals surface area (Å²) in [4.78, 5) is 24.1. The van der Waals surface area contributed by atoms with Crippen LogP contribution in [0.1, 0.15) is 19.4 Å². The van der Waals surface area contributed by atoms with E-state index in [4.69, 9.17) is 0 Å². The zero-order valence-electron chi connectivity index (χ0n) is 11.0. The summed E-state index contributed by atoms with van der Waals surface area (Å²) in [5.41, 5.74) is 1.18. The first-order valence-corrected chi connectivity index (χ1v) is 6.00. The second kappa shape index (κ2) is 5.06. The molecule has 96 valence electrons. The van der Waals surface area contributed by atoms with Crippen molar-refractivity contribution >= 4 is 28.3 Å². The van der Waals surface area contributed by atoms with Gasteiger partial charge in [0.05, 0.1) is 5.70 Å². The van der Waals surface area contributed by atoms with Crippen molar-refractivity contribution in [3.63, 3.8) is 0 Å². The SMILES string of the molecule is C=C(c1ccc2ccccc2c1)N(C(C)=O)C(C)=O. The van der Waals surface area contributed by atoms with Gasteiger partial charge in [-0.25, -0.2) is 0 Å². The summed E-state index contributed by atoms with van der Waals surface area (Å²) in [6.07, 6.45) is 0. The Morgan fingerprint density at radius 2 is 1.53 bits per heavy atom. The van der Waals surface area contributed by atoms with E-state index in [1.807, 2.05) is 42.5 Å². The molecule has 0 bridgehead atoms. The van der Waals surface area contributed by atoms with Crippen molar-refractivity contribution in [1.29, 1.82) is 0 Å². The summed E-state index contributed by atoms with van der Waals surface area (Å²) in [6.45, 7) is 6.57. The summed E-state index contributed by atoms with van der Waals surface area (Å²) in [5, 5.41) is 2.16. The topological polar surface area (TPSA) is 37.4 Å². The average Bonchev–Trinajstić information content (AvgIpc) is 2.37. The molecule has 0 aliphatic heterocycles. The molecule has 3 nitrogen and oxygen atoms in total. The molecule has 0 atom stereocenters. The van der Waals surface area contributed by atoms with Gasteiger partial charge in [0.25, 0.3) is 0 Å². The molecule has 0 radical (unpaired) electrons. The number of imide groups is 1. The molecule has 0 saturated heterocycles. The van der Waals surface area contributed by atoms with Gasteiger partial charge >= 0.3 is 0 Å². The van der Waals surface area contributed by atoms with E-state index in [-0.39, 0.29) is 11.8 Å². The third kappa shape index (κ3) is 2.55. The second-order valence-electron chi connectivity index (χ2n) is 4.38. The van der Waals surface area contributed by atoms with Crippen LogP contribution in [0, 0.1) is 0 Å². The Labute approximate surface area is 112 Å². The van der Waals surface area contributed by atoms with Crippen LogP contribution in [-0.2, 0) is 9.59 Å². The van der Waals surface area contributed by atoms with E-state index in [0.29, 0.717) is 5.70 Å². The van der Waals surface area contributed by atoms with Crippen molar-refractivity contribution in [2.24, 2.45) is 0 Å². The molecule has 3 heteroatoms. The summed E-state index contributed by atoms with van der Waals surface area (Å²) in [5.74, 6) is -0.656. The second-order valence-corrected chi connectivity index (χ2v) is 4.38. The minimum atomic E-state index is -0.328. The van der Waals surface area contributed by atoms with Crippen LogP contribution in [0.4, 0.5) is 0 Å². The molecule has 2 aromatic carbocycles. The van der Waals surface area contributed by atoms with Crippen molar-refractivity contribution in [3.8, 4) is 0 Å². The van der Waals surface area contributed by atoms with E-state index in [2.05, 4.69) is 6.58 Å². The Morgan fingerprint density at radius 1 is 0.947 bits per heavy atom. The number of hydrogen-bond acceptors (Lipinski definition) is 2. The molecule has 2 rings (SSSR count). The molecule has 0 fully saturated rings. The van der Waals surface area contributed by atoms with Crippen LogP contribution >= 0.6 is 0 Å². The molecule has 19 heavy (non-hydrogen) atoms. The fourth-order valence-electron chi connectivity index (χ4n) is 2.10. The quantitative estimate of drug-likeness (QED) is 0.824. The highest BCUT2D eigenvalue weighted by Gasteiger charge is 2.18. The van der Waals surface area contributed by atoms with Crippen LogP contribution in [-0.4, -0.2) is 16.7 Å². The molecule has 0 saturated carbocycles. The molecular formula is C16H15NO2. The number of carbonyl (C=O) groups excluding carboxylic acids is 2. The molecular weight excluding hydrogens is 238 g/mol. The fraction of sp³-hybridized carbons (Fsp3) is 0.125. The molecule has 0 aromatic heterocycles. The van der Waals surface area contributed by atoms with E-state index < -0.39 is 0 Å². The predicted octanol–water partition coefficient (Wildman–Crippen LogP) is 3.21. The molecule has 2 aromatic rings. The third-order valence-corrected chi connectivity index (χ3v) is 2.98. The molecule has 0 unspecified atom stereocenters. The first-order valence-electron chi connectivity index (χ1n) is 6.00. The van der Waals surface area contributed by atoms with Gasteiger partial charge < -0.3 is 0 Å². The Hall–Kier alpha value is -2.42. The van der Waals surface area contributed by atoms with Crippen molar-refractivity contribution in [3.05, 3.63) is 54.6 Å². The van der Waals surface area contributed by atoms with Crippen LogP contribution < -0.4 is 0 Å². The van der Waals surface area contributed by atoms with E-state index in [9.17, 15) is 9.59 Å². The Morgan fingerprint density at radius 3 is 2.11 bits per heavy atom. The number of benzene rings is 2. The largest absolute Gasteiger partial charge is 0.274 e. The van der Waals surface area contributed by atoms with Crippen molar-refractivity contribution in [1.82, 2.24) is 4.90 Å².